The summed E-state index contributed by atoms with van der Waals surface area (Å²) in [7, 11) is 0. The third-order valence-corrected chi connectivity index (χ3v) is 12.4. The molecule has 0 aliphatic rings. The topological polar surface area (TPSA) is 35.6 Å². The van der Waals surface area contributed by atoms with Crippen molar-refractivity contribution in [2.75, 3.05) is 0 Å². The maximum atomic E-state index is 5.29. The van der Waals surface area contributed by atoms with Crippen LogP contribution < -0.4 is 0 Å². The maximum absolute atomic E-state index is 5.29. The molecule has 3 heterocycles. The van der Waals surface area contributed by atoms with Crippen molar-refractivity contribution in [3.8, 4) is 33.9 Å². The number of hydrogen-bond acceptors (Lipinski definition) is 2. The lowest BCUT2D eigenvalue weighted by Crippen LogP contribution is -1.97. The van der Waals surface area contributed by atoms with E-state index >= 15 is 0 Å². The first-order valence-electron chi connectivity index (χ1n) is 20.5. The van der Waals surface area contributed by atoms with E-state index in [9.17, 15) is 0 Å². The molecule has 4 heteroatoms. The zero-order valence-corrected chi connectivity index (χ0v) is 32.4. The van der Waals surface area contributed by atoms with E-state index in [1.54, 1.807) is 0 Å². The molecule has 0 N–H and O–H groups in total. The van der Waals surface area contributed by atoms with Gasteiger partial charge in [-0.1, -0.05) is 140 Å². The van der Waals surface area contributed by atoms with Gasteiger partial charge in [0.05, 0.1) is 50.2 Å². The van der Waals surface area contributed by atoms with E-state index in [2.05, 4.69) is 191 Å². The largest absolute Gasteiger partial charge is 0.309 e. The van der Waals surface area contributed by atoms with E-state index < -0.39 is 0 Å². The number of benzene rings is 10. The summed E-state index contributed by atoms with van der Waals surface area (Å²) in [5.41, 5.74) is 12.7. The van der Waals surface area contributed by atoms with Crippen LogP contribution >= 0.6 is 0 Å². The standard InChI is InChI=1S/C56H34N4/c1-2-15-37-34-53-46(33-36(37)14-1)54-51(25-12-26-52(54)60-49-23-9-5-18-43(49)44-19-6-10-24-50(44)60)59(53)41-30-29-38-31-40(28-27-39(38)32-41)55-56(58-48-22-8-7-21-47(48)57-55)45-20-11-16-35-13-3-4-17-42(35)45/h1-34H. The summed E-state index contributed by atoms with van der Waals surface area (Å²) in [6.45, 7) is 0. The van der Waals surface area contributed by atoms with Gasteiger partial charge in [-0.15, -0.1) is 0 Å². The molecule has 60 heavy (non-hydrogen) atoms. The van der Waals surface area contributed by atoms with Crippen LogP contribution in [-0.4, -0.2) is 19.1 Å². The fourth-order valence-electron chi connectivity index (χ4n) is 9.72. The Labute approximate surface area is 344 Å². The summed E-state index contributed by atoms with van der Waals surface area (Å²) in [5, 5.41) is 12.1. The van der Waals surface area contributed by atoms with Gasteiger partial charge in [0.2, 0.25) is 0 Å². The fourth-order valence-corrected chi connectivity index (χ4v) is 9.72. The van der Waals surface area contributed by atoms with Crippen LogP contribution in [0.5, 0.6) is 0 Å². The van der Waals surface area contributed by atoms with Crippen molar-refractivity contribution in [2.24, 2.45) is 0 Å². The molecule has 0 atom stereocenters. The van der Waals surface area contributed by atoms with Crippen LogP contribution in [0.25, 0.3) is 121 Å². The molecule has 0 aliphatic heterocycles. The maximum Gasteiger partial charge on any atom is 0.0979 e. The van der Waals surface area contributed by atoms with Crippen molar-refractivity contribution in [1.29, 1.82) is 0 Å². The van der Waals surface area contributed by atoms with Crippen molar-refractivity contribution in [2.45, 2.75) is 0 Å². The van der Waals surface area contributed by atoms with Crippen LogP contribution in [0.15, 0.2) is 206 Å². The number of nitrogens with zero attached hydrogens (tertiary/aromatic N) is 4. The van der Waals surface area contributed by atoms with Gasteiger partial charge in [0.15, 0.2) is 0 Å². The Kier molecular flexibility index (Phi) is 6.98. The fraction of sp³-hybridized carbons (Fsp3) is 0. The summed E-state index contributed by atoms with van der Waals surface area (Å²) in [6, 6.07) is 74.4. The van der Waals surface area contributed by atoms with Crippen molar-refractivity contribution in [3.63, 3.8) is 0 Å². The molecule has 0 fully saturated rings. The van der Waals surface area contributed by atoms with Gasteiger partial charge in [0.25, 0.3) is 0 Å². The second kappa shape index (κ2) is 12.7. The molecule has 4 nitrogen and oxygen atoms in total. The van der Waals surface area contributed by atoms with Gasteiger partial charge < -0.3 is 9.13 Å². The molecule has 3 aromatic heterocycles. The Morgan fingerprint density at radius 1 is 0.317 bits per heavy atom. The zero-order valence-electron chi connectivity index (χ0n) is 32.4. The lowest BCUT2D eigenvalue weighted by atomic mass is 9.97. The molecule has 0 spiro atoms. The van der Waals surface area contributed by atoms with E-state index in [1.165, 1.54) is 65.5 Å². The molecule has 278 valence electrons. The number of fused-ring (bicyclic) bond motifs is 10. The Hall–Kier alpha value is -8.08. The lowest BCUT2D eigenvalue weighted by Gasteiger charge is -2.14. The van der Waals surface area contributed by atoms with Gasteiger partial charge in [-0.2, -0.15) is 0 Å². The van der Waals surface area contributed by atoms with Crippen LogP contribution in [-0.2, 0) is 0 Å². The van der Waals surface area contributed by atoms with Gasteiger partial charge in [0, 0.05) is 38.4 Å². The van der Waals surface area contributed by atoms with Crippen LogP contribution in [0, 0.1) is 0 Å². The first-order chi connectivity index (χ1) is 29.7. The minimum atomic E-state index is 0.878. The van der Waals surface area contributed by atoms with Crippen LogP contribution in [0.4, 0.5) is 0 Å². The minimum Gasteiger partial charge on any atom is -0.309 e. The molecule has 0 saturated heterocycles. The Bertz CT molecular complexity index is 3850. The van der Waals surface area contributed by atoms with Crippen LogP contribution in [0.1, 0.15) is 0 Å². The Balaban J connectivity index is 1.03. The molecular weight excluding hydrogens is 729 g/mol. The molecule has 0 bridgehead atoms. The van der Waals surface area contributed by atoms with E-state index in [4.69, 9.17) is 9.97 Å². The first kappa shape index (κ1) is 32.9. The predicted molar refractivity (Wildman–Crippen MR) is 252 cm³/mol. The monoisotopic (exact) mass is 762 g/mol. The van der Waals surface area contributed by atoms with Crippen molar-refractivity contribution in [3.05, 3.63) is 206 Å². The van der Waals surface area contributed by atoms with E-state index in [1.807, 2.05) is 24.3 Å². The minimum absolute atomic E-state index is 0.878. The first-order valence-corrected chi connectivity index (χ1v) is 20.5. The van der Waals surface area contributed by atoms with Gasteiger partial charge in [0.1, 0.15) is 0 Å². The molecule has 10 aromatic carbocycles. The molecular formula is C56H34N4. The smallest absolute Gasteiger partial charge is 0.0979 e. The second-order valence-corrected chi connectivity index (χ2v) is 15.8. The summed E-state index contributed by atoms with van der Waals surface area (Å²) in [5.74, 6) is 0. The normalized spacial score (nSPS) is 12.0. The number of hydrogen-bond donors (Lipinski definition) is 0. The van der Waals surface area contributed by atoms with E-state index in [0.717, 1.165) is 55.4 Å². The van der Waals surface area contributed by atoms with Crippen molar-refractivity contribution >= 4 is 87.0 Å². The summed E-state index contributed by atoms with van der Waals surface area (Å²) >= 11 is 0. The quantitative estimate of drug-likeness (QED) is 0.179. The highest BCUT2D eigenvalue weighted by Crippen LogP contribution is 2.42. The summed E-state index contributed by atoms with van der Waals surface area (Å²) in [4.78, 5) is 10.6. The highest BCUT2D eigenvalue weighted by atomic mass is 15.0. The SMILES string of the molecule is c1ccc2cc3c(cc2c1)c1c(-n2c4ccccc4c4ccccc42)cccc1n3-c1ccc2cc(-c3nc4ccccc4nc3-c3cccc4ccccc34)ccc2c1. The van der Waals surface area contributed by atoms with Crippen molar-refractivity contribution < 1.29 is 0 Å². The number of rotatable bonds is 4. The molecule has 0 amide bonds. The molecule has 0 saturated carbocycles. The average Bonchev–Trinajstić information content (AvgIpc) is 3.82. The van der Waals surface area contributed by atoms with Gasteiger partial charge >= 0.3 is 0 Å². The second-order valence-electron chi connectivity index (χ2n) is 15.8. The van der Waals surface area contributed by atoms with E-state index in [0.29, 0.717) is 0 Å². The molecule has 0 unspecified atom stereocenters. The summed E-state index contributed by atoms with van der Waals surface area (Å²) in [6.07, 6.45) is 0. The highest BCUT2D eigenvalue weighted by molar-refractivity contribution is 6.19. The third-order valence-electron chi connectivity index (χ3n) is 12.4. The zero-order chi connectivity index (χ0) is 39.3. The van der Waals surface area contributed by atoms with Gasteiger partial charge in [-0.3, -0.25) is 0 Å². The Morgan fingerprint density at radius 2 is 0.883 bits per heavy atom. The molecule has 0 aliphatic carbocycles. The van der Waals surface area contributed by atoms with Crippen LogP contribution in [0.3, 0.4) is 0 Å². The lowest BCUT2D eigenvalue weighted by molar-refractivity contribution is 1.17. The third kappa shape index (κ3) is 4.85. The predicted octanol–water partition coefficient (Wildman–Crippen LogP) is 14.6. The van der Waals surface area contributed by atoms with E-state index in [-0.39, 0.29) is 0 Å². The molecule has 13 rings (SSSR count). The molecule has 13 aromatic rings. The molecule has 0 radical (unpaired) electrons. The highest BCUT2D eigenvalue weighted by Gasteiger charge is 2.21. The van der Waals surface area contributed by atoms with Crippen molar-refractivity contribution in [1.82, 2.24) is 19.1 Å². The van der Waals surface area contributed by atoms with Crippen LogP contribution in [0.2, 0.25) is 0 Å². The number of para-hydroxylation sites is 4. The number of aromatic nitrogens is 4. The van der Waals surface area contributed by atoms with Gasteiger partial charge in [-0.25, -0.2) is 9.97 Å². The average molecular weight is 763 g/mol. The Morgan fingerprint density at radius 3 is 1.67 bits per heavy atom. The summed E-state index contributed by atoms with van der Waals surface area (Å²) < 4.78 is 4.91. The van der Waals surface area contributed by atoms with Gasteiger partial charge in [-0.05, 0) is 99.0 Å².